The van der Waals surface area contributed by atoms with Crippen molar-refractivity contribution in [3.8, 4) is 0 Å². The van der Waals surface area contributed by atoms with Gasteiger partial charge < -0.3 is 9.30 Å². The fourth-order valence-corrected chi connectivity index (χ4v) is 1.73. The number of hydrogen-bond donors (Lipinski definition) is 1. The van der Waals surface area contributed by atoms with Crippen molar-refractivity contribution in [3.05, 3.63) is 10.6 Å². The Bertz CT molecular complexity index is 375. The van der Waals surface area contributed by atoms with E-state index in [9.17, 15) is 0 Å². The van der Waals surface area contributed by atoms with Crippen LogP contribution in [0.2, 0.25) is 0 Å². The summed E-state index contributed by atoms with van der Waals surface area (Å²) < 4.78 is 8.04. The SMILES string of the molecule is CCOCCn1c(CC(C)(C)C)n[nH]c1=S. The molecule has 0 saturated carbocycles. The molecule has 1 rings (SSSR count). The summed E-state index contributed by atoms with van der Waals surface area (Å²) >= 11 is 5.20. The first-order valence-corrected chi connectivity index (χ1v) is 6.06. The van der Waals surface area contributed by atoms with Crippen molar-refractivity contribution in [3.63, 3.8) is 0 Å². The van der Waals surface area contributed by atoms with Gasteiger partial charge in [-0.05, 0) is 24.6 Å². The molecule has 0 aliphatic rings. The van der Waals surface area contributed by atoms with E-state index in [1.165, 1.54) is 0 Å². The van der Waals surface area contributed by atoms with Crippen LogP contribution in [0.1, 0.15) is 33.5 Å². The molecular weight excluding hydrogens is 222 g/mol. The van der Waals surface area contributed by atoms with Gasteiger partial charge in [0.15, 0.2) is 4.77 Å². The smallest absolute Gasteiger partial charge is 0.195 e. The van der Waals surface area contributed by atoms with E-state index in [4.69, 9.17) is 17.0 Å². The summed E-state index contributed by atoms with van der Waals surface area (Å²) in [6.07, 6.45) is 0.909. The molecule has 1 heterocycles. The summed E-state index contributed by atoms with van der Waals surface area (Å²) in [5.74, 6) is 1.01. The molecule has 16 heavy (non-hydrogen) atoms. The standard InChI is InChI=1S/C11H21N3OS/c1-5-15-7-6-14-9(8-11(2,3)4)12-13-10(14)16/h5-8H2,1-4H3,(H,13,16). The summed E-state index contributed by atoms with van der Waals surface area (Å²) in [6.45, 7) is 10.8. The Kier molecular flexibility index (Phi) is 4.68. The molecule has 0 atom stereocenters. The van der Waals surface area contributed by atoms with Crippen LogP contribution in [0.5, 0.6) is 0 Å². The van der Waals surface area contributed by atoms with E-state index in [1.54, 1.807) is 0 Å². The van der Waals surface area contributed by atoms with Gasteiger partial charge in [0.1, 0.15) is 5.82 Å². The third kappa shape index (κ3) is 4.06. The predicted octanol–water partition coefficient (Wildman–Crippen LogP) is 2.57. The third-order valence-corrected chi connectivity index (χ3v) is 2.50. The highest BCUT2D eigenvalue weighted by Crippen LogP contribution is 2.19. The van der Waals surface area contributed by atoms with Crippen molar-refractivity contribution in [1.82, 2.24) is 14.8 Å². The number of H-pyrrole nitrogens is 1. The quantitative estimate of drug-likeness (QED) is 0.638. The van der Waals surface area contributed by atoms with Crippen LogP contribution < -0.4 is 0 Å². The van der Waals surface area contributed by atoms with Gasteiger partial charge in [-0.3, -0.25) is 5.10 Å². The van der Waals surface area contributed by atoms with E-state index >= 15 is 0 Å². The van der Waals surface area contributed by atoms with Gasteiger partial charge >= 0.3 is 0 Å². The van der Waals surface area contributed by atoms with Crippen molar-refractivity contribution in [2.24, 2.45) is 5.41 Å². The lowest BCUT2D eigenvalue weighted by atomic mass is 9.92. The molecule has 0 saturated heterocycles. The molecule has 92 valence electrons. The van der Waals surface area contributed by atoms with Crippen LogP contribution in [-0.2, 0) is 17.7 Å². The van der Waals surface area contributed by atoms with Crippen molar-refractivity contribution in [2.45, 2.75) is 40.7 Å². The largest absolute Gasteiger partial charge is 0.380 e. The highest BCUT2D eigenvalue weighted by Gasteiger charge is 2.16. The van der Waals surface area contributed by atoms with Gasteiger partial charge in [-0.15, -0.1) is 0 Å². The van der Waals surface area contributed by atoms with Crippen molar-refractivity contribution < 1.29 is 4.74 Å². The molecule has 1 aromatic rings. The van der Waals surface area contributed by atoms with Gasteiger partial charge in [0.05, 0.1) is 6.61 Å². The monoisotopic (exact) mass is 243 g/mol. The number of hydrogen-bond acceptors (Lipinski definition) is 3. The Morgan fingerprint density at radius 3 is 2.69 bits per heavy atom. The van der Waals surface area contributed by atoms with E-state index in [-0.39, 0.29) is 5.41 Å². The first-order valence-electron chi connectivity index (χ1n) is 5.66. The van der Waals surface area contributed by atoms with Gasteiger partial charge in [-0.25, -0.2) is 0 Å². The second-order valence-corrected chi connectivity index (χ2v) is 5.42. The molecule has 4 nitrogen and oxygen atoms in total. The number of ether oxygens (including phenoxy) is 1. The minimum Gasteiger partial charge on any atom is -0.380 e. The van der Waals surface area contributed by atoms with E-state index in [2.05, 4.69) is 31.0 Å². The van der Waals surface area contributed by atoms with Crippen LogP contribution in [0.25, 0.3) is 0 Å². The van der Waals surface area contributed by atoms with Gasteiger partial charge in [0.25, 0.3) is 0 Å². The molecule has 0 aliphatic carbocycles. The first kappa shape index (κ1) is 13.4. The summed E-state index contributed by atoms with van der Waals surface area (Å²) in [5.41, 5.74) is 0.213. The molecule has 1 N–H and O–H groups in total. The molecule has 0 radical (unpaired) electrons. The minimum absolute atomic E-state index is 0.213. The van der Waals surface area contributed by atoms with Crippen LogP contribution in [-0.4, -0.2) is 28.0 Å². The van der Waals surface area contributed by atoms with Crippen LogP contribution in [0.4, 0.5) is 0 Å². The molecule has 0 amide bonds. The molecular formula is C11H21N3OS. The number of nitrogens with zero attached hydrogens (tertiary/aromatic N) is 2. The van der Waals surface area contributed by atoms with Crippen molar-refractivity contribution in [2.75, 3.05) is 13.2 Å². The number of aromatic nitrogens is 3. The highest BCUT2D eigenvalue weighted by atomic mass is 32.1. The Morgan fingerprint density at radius 2 is 2.12 bits per heavy atom. The number of aromatic amines is 1. The van der Waals surface area contributed by atoms with E-state index in [1.807, 2.05) is 11.5 Å². The molecule has 0 fully saturated rings. The summed E-state index contributed by atoms with van der Waals surface area (Å²) in [6, 6.07) is 0. The maximum atomic E-state index is 5.34. The Morgan fingerprint density at radius 1 is 1.44 bits per heavy atom. The predicted molar refractivity (Wildman–Crippen MR) is 67.1 cm³/mol. The molecule has 1 aromatic heterocycles. The summed E-state index contributed by atoms with van der Waals surface area (Å²) in [4.78, 5) is 0. The Hall–Kier alpha value is -0.680. The lowest BCUT2D eigenvalue weighted by molar-refractivity contribution is 0.137. The molecule has 0 aromatic carbocycles. The summed E-state index contributed by atoms with van der Waals surface area (Å²) in [7, 11) is 0. The molecule has 5 heteroatoms. The lowest BCUT2D eigenvalue weighted by Crippen LogP contribution is -2.16. The van der Waals surface area contributed by atoms with E-state index in [0.29, 0.717) is 11.4 Å². The Labute approximate surface area is 102 Å². The van der Waals surface area contributed by atoms with Gasteiger partial charge in [-0.2, -0.15) is 5.10 Å². The molecule has 0 spiro atoms. The zero-order valence-corrected chi connectivity index (χ0v) is 11.4. The average molecular weight is 243 g/mol. The van der Waals surface area contributed by atoms with Crippen LogP contribution >= 0.6 is 12.2 Å². The topological polar surface area (TPSA) is 42.8 Å². The maximum absolute atomic E-state index is 5.34. The first-order chi connectivity index (χ1) is 7.44. The second-order valence-electron chi connectivity index (χ2n) is 5.03. The van der Waals surface area contributed by atoms with Crippen LogP contribution in [0.15, 0.2) is 0 Å². The lowest BCUT2D eigenvalue weighted by Gasteiger charge is -2.17. The fourth-order valence-electron chi connectivity index (χ4n) is 1.49. The zero-order chi connectivity index (χ0) is 12.2. The minimum atomic E-state index is 0.213. The fraction of sp³-hybridized carbons (Fsp3) is 0.818. The molecule has 0 unspecified atom stereocenters. The molecule has 0 aliphatic heterocycles. The third-order valence-electron chi connectivity index (χ3n) is 2.19. The van der Waals surface area contributed by atoms with Crippen molar-refractivity contribution >= 4 is 12.2 Å². The van der Waals surface area contributed by atoms with Gasteiger partial charge in [-0.1, -0.05) is 20.8 Å². The number of nitrogens with one attached hydrogen (secondary N) is 1. The maximum Gasteiger partial charge on any atom is 0.195 e. The molecule has 0 bridgehead atoms. The Balaban J connectivity index is 2.74. The van der Waals surface area contributed by atoms with Gasteiger partial charge in [0.2, 0.25) is 0 Å². The highest BCUT2D eigenvalue weighted by molar-refractivity contribution is 7.71. The number of rotatable bonds is 5. The van der Waals surface area contributed by atoms with Crippen LogP contribution in [0.3, 0.4) is 0 Å². The van der Waals surface area contributed by atoms with Gasteiger partial charge in [0, 0.05) is 19.6 Å². The van der Waals surface area contributed by atoms with E-state index in [0.717, 1.165) is 25.4 Å². The van der Waals surface area contributed by atoms with Crippen molar-refractivity contribution in [1.29, 1.82) is 0 Å². The normalized spacial score (nSPS) is 12.0. The summed E-state index contributed by atoms with van der Waals surface area (Å²) in [5, 5.41) is 7.12. The average Bonchev–Trinajstić information content (AvgIpc) is 2.47. The second kappa shape index (κ2) is 5.59. The zero-order valence-electron chi connectivity index (χ0n) is 10.5. The van der Waals surface area contributed by atoms with Crippen LogP contribution in [0, 0.1) is 10.2 Å². The van der Waals surface area contributed by atoms with E-state index < -0.39 is 0 Å².